The van der Waals surface area contributed by atoms with Crippen molar-refractivity contribution in [1.82, 2.24) is 15.1 Å². The molecule has 1 atom stereocenters. The van der Waals surface area contributed by atoms with Gasteiger partial charge in [-0.15, -0.1) is 0 Å². The number of nitrogens with zero attached hydrogens (tertiary/aromatic N) is 2. The number of aromatic amines is 1. The van der Waals surface area contributed by atoms with E-state index in [4.69, 9.17) is 16.0 Å². The molecule has 130 valence electrons. The van der Waals surface area contributed by atoms with Crippen molar-refractivity contribution in [2.75, 3.05) is 6.54 Å². The normalized spacial score (nSPS) is 18.2. The lowest BCUT2D eigenvalue weighted by molar-refractivity contribution is 0.244. The second kappa shape index (κ2) is 6.65. The summed E-state index contributed by atoms with van der Waals surface area (Å²) in [5, 5.41) is 8.78. The fourth-order valence-electron chi connectivity index (χ4n) is 3.73. The minimum absolute atomic E-state index is 0.301. The van der Waals surface area contributed by atoms with Crippen LogP contribution in [0.15, 0.2) is 39.7 Å². The van der Waals surface area contributed by atoms with E-state index < -0.39 is 0 Å². The molecule has 1 N–H and O–H groups in total. The summed E-state index contributed by atoms with van der Waals surface area (Å²) in [6, 6.07) is 7.72. The molecule has 5 nitrogen and oxygen atoms in total. The van der Waals surface area contributed by atoms with E-state index in [1.54, 1.807) is 12.3 Å². The van der Waals surface area contributed by atoms with Crippen LogP contribution >= 0.6 is 11.6 Å². The van der Waals surface area contributed by atoms with Crippen molar-refractivity contribution in [3.63, 3.8) is 0 Å². The zero-order valence-corrected chi connectivity index (χ0v) is 14.8. The first-order valence-corrected chi connectivity index (χ1v) is 9.02. The Labute approximate surface area is 150 Å². The molecule has 0 unspecified atom stereocenters. The molecule has 0 radical (unpaired) electrons. The van der Waals surface area contributed by atoms with E-state index in [1.807, 2.05) is 25.1 Å². The molecule has 0 bridgehead atoms. The highest BCUT2D eigenvalue weighted by Gasteiger charge is 2.27. The minimum Gasteiger partial charge on any atom is -0.423 e. The van der Waals surface area contributed by atoms with Crippen LogP contribution in [0, 0.1) is 0 Å². The molecule has 4 rings (SSSR count). The number of nitrogens with one attached hydrogen (secondary N) is 1. The highest BCUT2D eigenvalue weighted by Crippen LogP contribution is 2.33. The number of hydrogen-bond acceptors (Lipinski definition) is 4. The number of likely N-dealkylation sites (tertiary alicyclic amines) is 1. The fourth-order valence-corrected chi connectivity index (χ4v) is 4.03. The van der Waals surface area contributed by atoms with Gasteiger partial charge in [0.2, 0.25) is 0 Å². The third-order valence-corrected chi connectivity index (χ3v) is 5.35. The zero-order valence-electron chi connectivity index (χ0n) is 14.1. The first-order valence-electron chi connectivity index (χ1n) is 8.64. The Bertz CT molecular complexity index is 949. The maximum atomic E-state index is 12.0. The van der Waals surface area contributed by atoms with Crippen molar-refractivity contribution in [1.29, 1.82) is 0 Å². The quantitative estimate of drug-likeness (QED) is 0.715. The second-order valence-corrected chi connectivity index (χ2v) is 6.93. The Kier molecular flexibility index (Phi) is 4.36. The summed E-state index contributed by atoms with van der Waals surface area (Å²) in [6.45, 7) is 3.72. The van der Waals surface area contributed by atoms with Crippen LogP contribution in [-0.4, -0.2) is 21.6 Å². The molecule has 1 fully saturated rings. The number of rotatable bonds is 4. The van der Waals surface area contributed by atoms with Crippen LogP contribution in [0.25, 0.3) is 11.0 Å². The SMILES string of the molecule is CCc1cc2oc(=O)cc(CN3CCC[C@H]3c3ccn[nH]3)c2cc1Cl. The lowest BCUT2D eigenvalue weighted by Gasteiger charge is -2.24. The highest BCUT2D eigenvalue weighted by molar-refractivity contribution is 6.32. The molecule has 2 aromatic heterocycles. The van der Waals surface area contributed by atoms with Gasteiger partial charge in [-0.1, -0.05) is 18.5 Å². The van der Waals surface area contributed by atoms with Gasteiger partial charge in [-0.2, -0.15) is 5.10 Å². The Balaban J connectivity index is 1.73. The van der Waals surface area contributed by atoms with E-state index in [2.05, 4.69) is 15.1 Å². The molecule has 1 aliphatic heterocycles. The Hall–Kier alpha value is -2.11. The van der Waals surface area contributed by atoms with Crippen molar-refractivity contribution in [3.8, 4) is 0 Å². The maximum Gasteiger partial charge on any atom is 0.336 e. The van der Waals surface area contributed by atoms with Gasteiger partial charge >= 0.3 is 5.63 Å². The number of aryl methyl sites for hydroxylation is 1. The molecular weight excluding hydrogens is 338 g/mol. The van der Waals surface area contributed by atoms with Crippen LogP contribution < -0.4 is 5.63 Å². The first-order chi connectivity index (χ1) is 12.2. The average molecular weight is 358 g/mol. The van der Waals surface area contributed by atoms with Crippen LogP contribution in [0.5, 0.6) is 0 Å². The lowest BCUT2D eigenvalue weighted by Crippen LogP contribution is -2.23. The maximum absolute atomic E-state index is 12.0. The highest BCUT2D eigenvalue weighted by atomic mass is 35.5. The first kappa shape index (κ1) is 16.4. The van der Waals surface area contributed by atoms with Gasteiger partial charge in [0.25, 0.3) is 0 Å². The van der Waals surface area contributed by atoms with Crippen LogP contribution in [0.4, 0.5) is 0 Å². The smallest absolute Gasteiger partial charge is 0.336 e. The van der Waals surface area contributed by atoms with Gasteiger partial charge in [0, 0.05) is 29.2 Å². The molecule has 0 amide bonds. The van der Waals surface area contributed by atoms with Gasteiger partial charge in [0.15, 0.2) is 0 Å². The monoisotopic (exact) mass is 357 g/mol. The molecule has 0 aliphatic carbocycles. The summed E-state index contributed by atoms with van der Waals surface area (Å²) in [6.07, 6.45) is 4.80. The van der Waals surface area contributed by atoms with E-state index in [-0.39, 0.29) is 5.63 Å². The number of benzene rings is 1. The number of aromatic nitrogens is 2. The summed E-state index contributed by atoms with van der Waals surface area (Å²) in [5.74, 6) is 0. The van der Waals surface area contributed by atoms with Crippen molar-refractivity contribution >= 4 is 22.6 Å². The molecule has 1 saturated heterocycles. The van der Waals surface area contributed by atoms with Gasteiger partial charge in [-0.3, -0.25) is 10.00 Å². The number of halogens is 1. The molecule has 3 aromatic rings. The Morgan fingerprint density at radius 2 is 2.24 bits per heavy atom. The van der Waals surface area contributed by atoms with Gasteiger partial charge in [-0.05, 0) is 55.1 Å². The molecule has 1 aromatic carbocycles. The molecular formula is C19H20ClN3O2. The Morgan fingerprint density at radius 1 is 1.36 bits per heavy atom. The standard InChI is InChI=1S/C19H20ClN3O2/c1-2-12-8-18-14(10-15(12)20)13(9-19(24)25-18)11-23-7-3-4-17(23)16-5-6-21-22-16/h5-6,8-10,17H,2-4,7,11H2,1H3,(H,21,22)/t17-/m0/s1. The van der Waals surface area contributed by atoms with Crippen LogP contribution in [-0.2, 0) is 13.0 Å². The predicted molar refractivity (Wildman–Crippen MR) is 97.8 cm³/mol. The summed E-state index contributed by atoms with van der Waals surface area (Å²) in [4.78, 5) is 14.4. The van der Waals surface area contributed by atoms with Crippen LogP contribution in [0.2, 0.25) is 5.02 Å². The average Bonchev–Trinajstić information content (AvgIpc) is 3.26. The molecule has 0 spiro atoms. The number of fused-ring (bicyclic) bond motifs is 1. The molecule has 6 heteroatoms. The van der Waals surface area contributed by atoms with Crippen molar-refractivity contribution < 1.29 is 4.42 Å². The minimum atomic E-state index is -0.316. The summed E-state index contributed by atoms with van der Waals surface area (Å²) < 4.78 is 5.41. The van der Waals surface area contributed by atoms with Gasteiger partial charge in [0.1, 0.15) is 5.58 Å². The summed E-state index contributed by atoms with van der Waals surface area (Å²) in [7, 11) is 0. The van der Waals surface area contributed by atoms with Crippen molar-refractivity contribution in [2.24, 2.45) is 0 Å². The number of H-pyrrole nitrogens is 1. The van der Waals surface area contributed by atoms with Gasteiger partial charge in [0.05, 0.1) is 11.7 Å². The lowest BCUT2D eigenvalue weighted by atomic mass is 10.0. The third-order valence-electron chi connectivity index (χ3n) is 5.00. The molecule has 3 heterocycles. The largest absolute Gasteiger partial charge is 0.423 e. The topological polar surface area (TPSA) is 62.1 Å². The van der Waals surface area contributed by atoms with Crippen molar-refractivity contribution in [2.45, 2.75) is 38.8 Å². The van der Waals surface area contributed by atoms with Crippen molar-refractivity contribution in [3.05, 3.63) is 62.7 Å². The van der Waals surface area contributed by atoms with Gasteiger partial charge in [-0.25, -0.2) is 4.79 Å². The van der Waals surface area contributed by atoms with E-state index in [0.29, 0.717) is 18.2 Å². The number of hydrogen-bond donors (Lipinski definition) is 1. The van der Waals surface area contributed by atoms with Crippen LogP contribution in [0.3, 0.4) is 0 Å². The Morgan fingerprint density at radius 3 is 3.00 bits per heavy atom. The van der Waals surface area contributed by atoms with E-state index in [0.717, 1.165) is 53.0 Å². The molecule has 1 aliphatic rings. The van der Waals surface area contributed by atoms with E-state index in [1.165, 1.54) is 0 Å². The molecule has 0 saturated carbocycles. The molecule has 25 heavy (non-hydrogen) atoms. The summed E-state index contributed by atoms with van der Waals surface area (Å²) >= 11 is 6.39. The third kappa shape index (κ3) is 3.10. The summed E-state index contributed by atoms with van der Waals surface area (Å²) in [5.41, 5.74) is 3.37. The van der Waals surface area contributed by atoms with E-state index >= 15 is 0 Å². The predicted octanol–water partition coefficient (Wildman–Crippen LogP) is 4.07. The van der Waals surface area contributed by atoms with E-state index in [9.17, 15) is 4.79 Å². The zero-order chi connectivity index (χ0) is 17.4. The fraction of sp³-hybridized carbons (Fsp3) is 0.368. The van der Waals surface area contributed by atoms with Gasteiger partial charge < -0.3 is 4.42 Å². The van der Waals surface area contributed by atoms with Crippen LogP contribution in [0.1, 0.15) is 42.6 Å². The second-order valence-electron chi connectivity index (χ2n) is 6.52.